The molecule has 0 saturated heterocycles. The van der Waals surface area contributed by atoms with Crippen LogP contribution < -0.4 is 16.6 Å². The maximum atomic E-state index is 11.0. The summed E-state index contributed by atoms with van der Waals surface area (Å²) in [6.07, 6.45) is 0. The highest BCUT2D eigenvalue weighted by Gasteiger charge is 2.07. The molecule has 64 valence electrons. The molecule has 0 fully saturated rings. The summed E-state index contributed by atoms with van der Waals surface area (Å²) in [7, 11) is 0. The van der Waals surface area contributed by atoms with Gasteiger partial charge in [-0.25, -0.2) is 10.9 Å². The molecule has 0 heterocycles. The highest BCUT2D eigenvalue weighted by Crippen LogP contribution is 2.08. The molecule has 1 aromatic carbocycles. The zero-order valence-electron chi connectivity index (χ0n) is 6.60. The number of rotatable bonds is 2. The summed E-state index contributed by atoms with van der Waals surface area (Å²) in [5.41, 5.74) is 5.79. The third-order valence-electron chi connectivity index (χ3n) is 1.48. The Morgan fingerprint density at radius 3 is 2.42 bits per heavy atom. The summed E-state index contributed by atoms with van der Waals surface area (Å²) < 4.78 is 0. The van der Waals surface area contributed by atoms with E-state index in [2.05, 4.69) is 0 Å². The van der Waals surface area contributed by atoms with Crippen molar-refractivity contribution in [2.24, 2.45) is 11.6 Å². The van der Waals surface area contributed by atoms with E-state index >= 15 is 0 Å². The number of carbonyl (C=O) groups is 1. The number of amides is 1. The molecule has 4 heteroatoms. The molecule has 0 aliphatic rings. The van der Waals surface area contributed by atoms with Crippen LogP contribution in [0.1, 0.15) is 0 Å². The first-order valence-corrected chi connectivity index (χ1v) is 3.58. The number of carbonyl (C=O) groups excluding carboxylic acids is 1. The molecule has 0 atom stereocenters. The van der Waals surface area contributed by atoms with Gasteiger partial charge in [0.2, 0.25) is 0 Å². The van der Waals surface area contributed by atoms with Crippen LogP contribution in [0.3, 0.4) is 0 Å². The molecule has 1 aromatic rings. The normalized spacial score (nSPS) is 9.50. The van der Waals surface area contributed by atoms with Crippen LogP contribution >= 0.6 is 0 Å². The molecule has 1 amide bonds. The fraction of sp³-hybridized carbons (Fsp3) is 0.125. The van der Waals surface area contributed by atoms with Crippen LogP contribution in [0, 0.1) is 0 Å². The van der Waals surface area contributed by atoms with Crippen molar-refractivity contribution in [3.63, 3.8) is 0 Å². The minimum Gasteiger partial charge on any atom is -0.322 e. The van der Waals surface area contributed by atoms with E-state index in [9.17, 15) is 4.79 Å². The minimum absolute atomic E-state index is 0.0780. The number of hydrogen-bond acceptors (Lipinski definition) is 3. The Labute approximate surface area is 70.7 Å². The summed E-state index contributed by atoms with van der Waals surface area (Å²) in [5.74, 6) is 5.15. The lowest BCUT2D eigenvalue weighted by Gasteiger charge is -2.14. The monoisotopic (exact) mass is 165 g/mol. The number of para-hydroxylation sites is 1. The van der Waals surface area contributed by atoms with Gasteiger partial charge in [-0.1, -0.05) is 18.2 Å². The van der Waals surface area contributed by atoms with Gasteiger partial charge in [-0.2, -0.15) is 0 Å². The van der Waals surface area contributed by atoms with Crippen LogP contribution in [0.5, 0.6) is 0 Å². The minimum atomic E-state index is -0.304. The van der Waals surface area contributed by atoms with E-state index < -0.39 is 0 Å². The molecule has 0 bridgehead atoms. The van der Waals surface area contributed by atoms with Gasteiger partial charge in [-0.3, -0.25) is 4.79 Å². The lowest BCUT2D eigenvalue weighted by atomic mass is 10.3. The zero-order valence-corrected chi connectivity index (χ0v) is 6.60. The van der Waals surface area contributed by atoms with E-state index in [4.69, 9.17) is 11.6 Å². The SMILES string of the molecule is NCC(=O)N(N)c1ccccc1. The molecular weight excluding hydrogens is 154 g/mol. The number of hydrazine groups is 1. The Morgan fingerprint density at radius 1 is 1.33 bits per heavy atom. The summed E-state index contributed by atoms with van der Waals surface area (Å²) in [5, 5.41) is 1.04. The predicted molar refractivity (Wildman–Crippen MR) is 47.2 cm³/mol. The van der Waals surface area contributed by atoms with Gasteiger partial charge in [-0.15, -0.1) is 0 Å². The van der Waals surface area contributed by atoms with Crippen LogP contribution in [0.2, 0.25) is 0 Å². The van der Waals surface area contributed by atoms with Crippen LogP contribution in [0.15, 0.2) is 30.3 Å². The van der Waals surface area contributed by atoms with Crippen molar-refractivity contribution >= 4 is 11.6 Å². The Balaban J connectivity index is 2.78. The second kappa shape index (κ2) is 3.85. The van der Waals surface area contributed by atoms with E-state index in [0.29, 0.717) is 5.69 Å². The quantitative estimate of drug-likeness (QED) is 0.363. The molecule has 0 spiro atoms. The lowest BCUT2D eigenvalue weighted by molar-refractivity contribution is -0.117. The number of hydrogen-bond donors (Lipinski definition) is 2. The molecule has 0 aliphatic carbocycles. The van der Waals surface area contributed by atoms with E-state index in [0.717, 1.165) is 5.01 Å². The molecule has 1 rings (SSSR count). The van der Waals surface area contributed by atoms with Crippen LogP contribution in [-0.2, 0) is 4.79 Å². The molecule has 12 heavy (non-hydrogen) atoms. The third kappa shape index (κ3) is 1.81. The Bertz CT molecular complexity index is 260. The highest BCUT2D eigenvalue weighted by molar-refractivity contribution is 5.93. The van der Waals surface area contributed by atoms with Crippen molar-refractivity contribution in [3.05, 3.63) is 30.3 Å². The van der Waals surface area contributed by atoms with Gasteiger partial charge in [0.25, 0.3) is 5.91 Å². The smallest absolute Gasteiger partial charge is 0.254 e. The number of nitrogens with zero attached hydrogens (tertiary/aromatic N) is 1. The van der Waals surface area contributed by atoms with Crippen LogP contribution in [-0.4, -0.2) is 12.5 Å². The fourth-order valence-electron chi connectivity index (χ4n) is 0.831. The Morgan fingerprint density at radius 2 is 1.92 bits per heavy atom. The number of anilines is 1. The zero-order chi connectivity index (χ0) is 8.97. The van der Waals surface area contributed by atoms with E-state index in [1.807, 2.05) is 6.07 Å². The van der Waals surface area contributed by atoms with E-state index in [-0.39, 0.29) is 12.5 Å². The molecule has 4 N–H and O–H groups in total. The first-order valence-electron chi connectivity index (χ1n) is 3.58. The topological polar surface area (TPSA) is 72.4 Å². The van der Waals surface area contributed by atoms with Gasteiger partial charge in [0.1, 0.15) is 0 Å². The maximum Gasteiger partial charge on any atom is 0.254 e. The molecule has 0 unspecified atom stereocenters. The van der Waals surface area contributed by atoms with Crippen LogP contribution in [0.4, 0.5) is 5.69 Å². The van der Waals surface area contributed by atoms with Crippen molar-refractivity contribution in [2.45, 2.75) is 0 Å². The van der Waals surface area contributed by atoms with E-state index in [1.165, 1.54) is 0 Å². The molecule has 0 aliphatic heterocycles. The number of nitrogens with two attached hydrogens (primary N) is 2. The Hall–Kier alpha value is -1.39. The first-order chi connectivity index (χ1) is 5.75. The first kappa shape index (κ1) is 8.70. The predicted octanol–water partition coefficient (Wildman–Crippen LogP) is -0.148. The highest BCUT2D eigenvalue weighted by atomic mass is 16.2. The molecule has 0 radical (unpaired) electrons. The van der Waals surface area contributed by atoms with Gasteiger partial charge in [-0.05, 0) is 12.1 Å². The summed E-state index contributed by atoms with van der Waals surface area (Å²) in [6, 6.07) is 8.95. The average Bonchev–Trinajstić information content (AvgIpc) is 2.17. The molecule has 4 nitrogen and oxygen atoms in total. The van der Waals surface area contributed by atoms with Crippen molar-refractivity contribution in [2.75, 3.05) is 11.6 Å². The lowest BCUT2D eigenvalue weighted by Crippen LogP contribution is -2.41. The van der Waals surface area contributed by atoms with Gasteiger partial charge in [0.05, 0.1) is 12.2 Å². The van der Waals surface area contributed by atoms with Gasteiger partial charge in [0.15, 0.2) is 0 Å². The molecule has 0 aromatic heterocycles. The van der Waals surface area contributed by atoms with E-state index in [1.54, 1.807) is 24.3 Å². The van der Waals surface area contributed by atoms with Crippen LogP contribution in [0.25, 0.3) is 0 Å². The van der Waals surface area contributed by atoms with Gasteiger partial charge < -0.3 is 5.73 Å². The Kier molecular flexibility index (Phi) is 2.79. The maximum absolute atomic E-state index is 11.0. The summed E-state index contributed by atoms with van der Waals surface area (Å²) >= 11 is 0. The van der Waals surface area contributed by atoms with Crippen molar-refractivity contribution in [1.29, 1.82) is 0 Å². The molecule has 0 saturated carbocycles. The third-order valence-corrected chi connectivity index (χ3v) is 1.48. The van der Waals surface area contributed by atoms with Gasteiger partial charge in [0, 0.05) is 0 Å². The fourth-order valence-corrected chi connectivity index (χ4v) is 0.831. The second-order valence-electron chi connectivity index (χ2n) is 2.30. The van der Waals surface area contributed by atoms with Crippen molar-refractivity contribution in [1.82, 2.24) is 0 Å². The second-order valence-corrected chi connectivity index (χ2v) is 2.30. The largest absolute Gasteiger partial charge is 0.322 e. The standard InChI is InChI=1S/C8H11N3O/c9-6-8(12)11(10)7-4-2-1-3-5-7/h1-5H,6,9-10H2. The summed E-state index contributed by atoms with van der Waals surface area (Å²) in [6.45, 7) is -0.0780. The van der Waals surface area contributed by atoms with Gasteiger partial charge >= 0.3 is 0 Å². The van der Waals surface area contributed by atoms with Crippen molar-refractivity contribution in [3.8, 4) is 0 Å². The van der Waals surface area contributed by atoms with Crippen molar-refractivity contribution < 1.29 is 4.79 Å². The number of benzene rings is 1. The average molecular weight is 165 g/mol. The summed E-state index contributed by atoms with van der Waals surface area (Å²) in [4.78, 5) is 11.0. The molecular formula is C8H11N3O.